The number of hydrogen-bond donors (Lipinski definition) is 1. The van der Waals surface area contributed by atoms with Crippen LogP contribution in [0.15, 0.2) is 97.2 Å². The fourth-order valence-corrected chi connectivity index (χ4v) is 4.72. The monoisotopic (exact) mass is 526 g/mol. The van der Waals surface area contributed by atoms with Crippen molar-refractivity contribution in [3.05, 3.63) is 120 Å². The lowest BCUT2D eigenvalue weighted by Crippen LogP contribution is -3.14. The highest BCUT2D eigenvalue weighted by atomic mass is 19.1. The molecule has 1 saturated heterocycles. The van der Waals surface area contributed by atoms with E-state index in [1.54, 1.807) is 23.2 Å². The molecule has 7 heteroatoms. The maximum absolute atomic E-state index is 13.8. The molecule has 39 heavy (non-hydrogen) atoms. The van der Waals surface area contributed by atoms with Crippen molar-refractivity contribution in [2.24, 2.45) is 0 Å². The van der Waals surface area contributed by atoms with Crippen LogP contribution in [-0.4, -0.2) is 55.2 Å². The van der Waals surface area contributed by atoms with Gasteiger partial charge in [0.25, 0.3) is 5.91 Å². The molecule has 2 heterocycles. The van der Waals surface area contributed by atoms with Crippen LogP contribution in [0.4, 0.5) is 4.39 Å². The summed E-state index contributed by atoms with van der Waals surface area (Å²) in [6.07, 6.45) is 1.73. The number of carbonyl (C=O) groups excluding carboxylic acids is 1. The Balaban J connectivity index is 1.32. The minimum Gasteiger partial charge on any atom is -0.488 e. The van der Waals surface area contributed by atoms with Gasteiger partial charge in [0, 0.05) is 18.3 Å². The van der Waals surface area contributed by atoms with E-state index in [4.69, 9.17) is 9.47 Å². The molecule has 1 N–H and O–H groups in total. The molecule has 0 radical (unpaired) electrons. The van der Waals surface area contributed by atoms with Crippen LogP contribution < -0.4 is 9.64 Å². The van der Waals surface area contributed by atoms with Crippen molar-refractivity contribution in [3.8, 4) is 16.9 Å². The molecular formula is C32H33FN3O3+. The Labute approximate surface area is 228 Å². The number of pyridine rings is 1. The van der Waals surface area contributed by atoms with Crippen LogP contribution in [0.5, 0.6) is 5.75 Å². The number of quaternary nitrogens is 1. The van der Waals surface area contributed by atoms with Crippen LogP contribution >= 0.6 is 0 Å². The average Bonchev–Trinajstić information content (AvgIpc) is 2.98. The Kier molecular flexibility index (Phi) is 8.94. The molecule has 1 aliphatic rings. The first-order valence-electron chi connectivity index (χ1n) is 13.3. The van der Waals surface area contributed by atoms with Gasteiger partial charge in [0.15, 0.2) is 0 Å². The first-order chi connectivity index (χ1) is 19.1. The van der Waals surface area contributed by atoms with Gasteiger partial charge < -0.3 is 19.3 Å². The first kappa shape index (κ1) is 26.5. The lowest BCUT2D eigenvalue weighted by Gasteiger charge is -2.24. The predicted octanol–water partition coefficient (Wildman–Crippen LogP) is 4.02. The van der Waals surface area contributed by atoms with E-state index in [0.29, 0.717) is 25.3 Å². The van der Waals surface area contributed by atoms with Crippen LogP contribution in [0.25, 0.3) is 11.1 Å². The highest BCUT2D eigenvalue weighted by Gasteiger charge is 2.19. The summed E-state index contributed by atoms with van der Waals surface area (Å²) in [4.78, 5) is 21.6. The molecule has 0 spiro atoms. The zero-order chi connectivity index (χ0) is 26.9. The minimum atomic E-state index is -0.291. The number of hydrogen-bond acceptors (Lipinski definition) is 4. The molecular weight excluding hydrogens is 493 g/mol. The topological polar surface area (TPSA) is 56.1 Å². The van der Waals surface area contributed by atoms with Gasteiger partial charge in [-0.2, -0.15) is 0 Å². The molecule has 0 atom stereocenters. The first-order valence-corrected chi connectivity index (χ1v) is 13.3. The molecule has 4 aromatic rings. The molecule has 0 unspecified atom stereocenters. The Hall–Kier alpha value is -4.07. The van der Waals surface area contributed by atoms with E-state index in [1.807, 2.05) is 66.7 Å². The summed E-state index contributed by atoms with van der Waals surface area (Å²) < 4.78 is 24.9. The molecule has 200 valence electrons. The van der Waals surface area contributed by atoms with Crippen molar-refractivity contribution in [2.45, 2.75) is 13.1 Å². The average molecular weight is 527 g/mol. The lowest BCUT2D eigenvalue weighted by atomic mass is 10.0. The highest BCUT2D eigenvalue weighted by Crippen LogP contribution is 2.23. The van der Waals surface area contributed by atoms with Gasteiger partial charge in [-0.05, 0) is 65.2 Å². The zero-order valence-corrected chi connectivity index (χ0v) is 21.9. The number of aromatic nitrogens is 1. The minimum absolute atomic E-state index is 0.105. The fraction of sp³-hybridized carbons (Fsp3) is 0.250. The quantitative estimate of drug-likeness (QED) is 0.339. The molecule has 0 saturated carbocycles. The van der Waals surface area contributed by atoms with Crippen molar-refractivity contribution < 1.29 is 23.6 Å². The summed E-state index contributed by atoms with van der Waals surface area (Å²) in [6.45, 7) is 5.96. The maximum Gasteiger partial charge on any atom is 0.254 e. The van der Waals surface area contributed by atoms with Gasteiger partial charge >= 0.3 is 0 Å². The number of amides is 1. The SMILES string of the molecule is O=C(c1cccc(-c2ccc(F)cc2)c1)N(Cc1cccc(OCC[NH+]2CCOCC2)c1)Cc1ccccn1. The number of carbonyl (C=O) groups is 1. The van der Waals surface area contributed by atoms with Crippen molar-refractivity contribution in [3.63, 3.8) is 0 Å². The second kappa shape index (κ2) is 13.1. The number of rotatable bonds is 10. The van der Waals surface area contributed by atoms with Crippen LogP contribution in [-0.2, 0) is 17.8 Å². The van der Waals surface area contributed by atoms with Crippen molar-refractivity contribution in [2.75, 3.05) is 39.5 Å². The largest absolute Gasteiger partial charge is 0.488 e. The number of ether oxygens (including phenoxy) is 2. The van der Waals surface area contributed by atoms with Crippen LogP contribution in [0.2, 0.25) is 0 Å². The van der Waals surface area contributed by atoms with Crippen molar-refractivity contribution >= 4 is 5.91 Å². The zero-order valence-electron chi connectivity index (χ0n) is 21.9. The van der Waals surface area contributed by atoms with Crippen LogP contribution in [0.1, 0.15) is 21.6 Å². The number of halogens is 1. The van der Waals surface area contributed by atoms with E-state index >= 15 is 0 Å². The Morgan fingerprint density at radius 3 is 2.51 bits per heavy atom. The van der Waals surface area contributed by atoms with Gasteiger partial charge in [0.2, 0.25) is 0 Å². The molecule has 0 aliphatic carbocycles. The fourth-order valence-electron chi connectivity index (χ4n) is 4.72. The van der Waals surface area contributed by atoms with E-state index in [0.717, 1.165) is 61.0 Å². The van der Waals surface area contributed by atoms with E-state index in [9.17, 15) is 9.18 Å². The van der Waals surface area contributed by atoms with E-state index in [2.05, 4.69) is 4.98 Å². The van der Waals surface area contributed by atoms with E-state index < -0.39 is 0 Å². The van der Waals surface area contributed by atoms with E-state index in [1.165, 1.54) is 17.0 Å². The predicted molar refractivity (Wildman–Crippen MR) is 148 cm³/mol. The highest BCUT2D eigenvalue weighted by molar-refractivity contribution is 5.95. The Morgan fingerprint density at radius 1 is 0.897 bits per heavy atom. The number of nitrogens with zero attached hydrogens (tertiary/aromatic N) is 2. The van der Waals surface area contributed by atoms with Crippen molar-refractivity contribution in [1.29, 1.82) is 0 Å². The molecule has 1 aromatic heterocycles. The van der Waals surface area contributed by atoms with Crippen LogP contribution in [0, 0.1) is 5.82 Å². The summed E-state index contributed by atoms with van der Waals surface area (Å²) >= 11 is 0. The third-order valence-corrected chi connectivity index (χ3v) is 6.85. The molecule has 1 fully saturated rings. The normalized spacial score (nSPS) is 13.7. The third kappa shape index (κ3) is 7.50. The van der Waals surface area contributed by atoms with Gasteiger partial charge in [-0.15, -0.1) is 0 Å². The standard InChI is InChI=1S/C32H32FN3O3/c33-29-12-10-26(11-13-29)27-6-4-7-28(22-27)32(37)36(24-30-8-1-2-14-34-30)23-25-5-3-9-31(21-25)39-20-17-35-15-18-38-19-16-35/h1-14,21-22H,15-20,23-24H2/p+1. The van der Waals surface area contributed by atoms with Gasteiger partial charge in [0.1, 0.15) is 37.8 Å². The summed E-state index contributed by atoms with van der Waals surface area (Å²) in [6, 6.07) is 27.4. The third-order valence-electron chi connectivity index (χ3n) is 6.85. The molecule has 0 bridgehead atoms. The lowest BCUT2D eigenvalue weighted by molar-refractivity contribution is -0.908. The van der Waals surface area contributed by atoms with Crippen molar-refractivity contribution in [1.82, 2.24) is 9.88 Å². The number of benzene rings is 3. The van der Waals surface area contributed by atoms with Gasteiger partial charge in [-0.25, -0.2) is 4.39 Å². The summed E-state index contributed by atoms with van der Waals surface area (Å²) in [7, 11) is 0. The summed E-state index contributed by atoms with van der Waals surface area (Å²) in [5, 5.41) is 0. The molecule has 3 aromatic carbocycles. The van der Waals surface area contributed by atoms with Gasteiger partial charge in [-0.3, -0.25) is 9.78 Å². The smallest absolute Gasteiger partial charge is 0.254 e. The second-order valence-electron chi connectivity index (χ2n) is 9.68. The number of nitrogens with one attached hydrogen (secondary N) is 1. The molecule has 1 amide bonds. The summed E-state index contributed by atoms with van der Waals surface area (Å²) in [5.41, 5.74) is 4.06. The van der Waals surface area contributed by atoms with Gasteiger partial charge in [-0.1, -0.05) is 42.5 Å². The van der Waals surface area contributed by atoms with Gasteiger partial charge in [0.05, 0.1) is 25.5 Å². The maximum atomic E-state index is 13.8. The summed E-state index contributed by atoms with van der Waals surface area (Å²) in [5.74, 6) is 0.400. The Morgan fingerprint density at radius 2 is 1.72 bits per heavy atom. The Bertz CT molecular complexity index is 1360. The molecule has 1 aliphatic heterocycles. The molecule has 6 nitrogen and oxygen atoms in total. The van der Waals surface area contributed by atoms with E-state index in [-0.39, 0.29) is 11.7 Å². The number of morpholine rings is 1. The second-order valence-corrected chi connectivity index (χ2v) is 9.68. The van der Waals surface area contributed by atoms with Crippen LogP contribution in [0.3, 0.4) is 0 Å². The molecule has 5 rings (SSSR count).